The van der Waals surface area contributed by atoms with Crippen molar-refractivity contribution in [2.45, 2.75) is 33.2 Å². The van der Waals surface area contributed by atoms with Crippen LogP contribution in [0.1, 0.15) is 45.8 Å². The van der Waals surface area contributed by atoms with E-state index in [1.54, 1.807) is 4.68 Å². The lowest BCUT2D eigenvalue weighted by Gasteiger charge is -2.32. The van der Waals surface area contributed by atoms with E-state index in [4.69, 9.17) is 4.74 Å². The number of rotatable bonds is 4. The number of amides is 1. The Bertz CT molecular complexity index is 755. The van der Waals surface area contributed by atoms with Crippen molar-refractivity contribution < 1.29 is 9.53 Å². The van der Waals surface area contributed by atoms with E-state index < -0.39 is 0 Å². The number of ether oxygens (including phenoxy) is 1. The van der Waals surface area contributed by atoms with Crippen LogP contribution in [-0.2, 0) is 18.3 Å². The van der Waals surface area contributed by atoms with Gasteiger partial charge in [0.1, 0.15) is 12.0 Å². The fraction of sp³-hybridized carbons (Fsp3) is 0.529. The molecule has 1 atom stereocenters. The molecule has 0 bridgehead atoms. The van der Waals surface area contributed by atoms with E-state index in [0.29, 0.717) is 32.0 Å². The maximum Gasteiger partial charge on any atom is 0.273 e. The summed E-state index contributed by atoms with van der Waals surface area (Å²) in [5.41, 5.74) is 4.25. The predicted octanol–water partition coefficient (Wildman–Crippen LogP) is 1.60. The molecule has 1 aliphatic rings. The Morgan fingerprint density at radius 1 is 1.38 bits per heavy atom. The van der Waals surface area contributed by atoms with Crippen molar-refractivity contribution in [2.75, 3.05) is 19.8 Å². The van der Waals surface area contributed by atoms with Gasteiger partial charge in [0.15, 0.2) is 0 Å². The highest BCUT2D eigenvalue weighted by atomic mass is 16.5. The molecular formula is C17H23N5O2. The average molecular weight is 329 g/mol. The van der Waals surface area contributed by atoms with Gasteiger partial charge in [0, 0.05) is 55.7 Å². The number of fused-ring (bicyclic) bond motifs is 1. The minimum absolute atomic E-state index is 0.0611. The molecule has 1 unspecified atom stereocenters. The zero-order valence-corrected chi connectivity index (χ0v) is 14.6. The zero-order valence-electron chi connectivity index (χ0n) is 14.6. The number of nitrogens with zero attached hydrogens (tertiary/aromatic N) is 5. The summed E-state index contributed by atoms with van der Waals surface area (Å²) >= 11 is 0. The Labute approximate surface area is 141 Å². The van der Waals surface area contributed by atoms with Crippen LogP contribution in [0.15, 0.2) is 12.5 Å². The van der Waals surface area contributed by atoms with E-state index in [1.165, 1.54) is 6.33 Å². The standard InChI is InChI=1S/C17H23N5O2/c1-5-24-9-14-8-22(7-13-6-21(4)20-16(13)14)17(23)15-11(2)12(3)18-10-19-15/h6,10,14H,5,7-9H2,1-4H3. The second kappa shape index (κ2) is 6.68. The molecule has 1 aliphatic heterocycles. The van der Waals surface area contributed by atoms with Gasteiger partial charge in [0.2, 0.25) is 0 Å². The molecule has 7 heteroatoms. The van der Waals surface area contributed by atoms with Gasteiger partial charge in [0.25, 0.3) is 5.91 Å². The number of aryl methyl sites for hydroxylation is 2. The van der Waals surface area contributed by atoms with Crippen molar-refractivity contribution in [1.82, 2.24) is 24.6 Å². The topological polar surface area (TPSA) is 73.1 Å². The predicted molar refractivity (Wildman–Crippen MR) is 88.7 cm³/mol. The summed E-state index contributed by atoms with van der Waals surface area (Å²) in [6, 6.07) is 0. The first-order valence-electron chi connectivity index (χ1n) is 8.18. The van der Waals surface area contributed by atoms with Gasteiger partial charge in [0.05, 0.1) is 12.3 Å². The monoisotopic (exact) mass is 329 g/mol. The number of aromatic nitrogens is 4. The van der Waals surface area contributed by atoms with Crippen molar-refractivity contribution in [1.29, 1.82) is 0 Å². The summed E-state index contributed by atoms with van der Waals surface area (Å²) in [5.74, 6) is 0.0242. The van der Waals surface area contributed by atoms with Gasteiger partial charge in [-0.05, 0) is 20.8 Å². The number of hydrogen-bond acceptors (Lipinski definition) is 5. The lowest BCUT2D eigenvalue weighted by molar-refractivity contribution is 0.0645. The third-order valence-corrected chi connectivity index (χ3v) is 4.47. The van der Waals surface area contributed by atoms with Crippen LogP contribution in [0.5, 0.6) is 0 Å². The van der Waals surface area contributed by atoms with E-state index in [1.807, 2.05) is 38.9 Å². The smallest absolute Gasteiger partial charge is 0.273 e. The molecule has 0 saturated carbocycles. The molecule has 3 heterocycles. The highest BCUT2D eigenvalue weighted by Gasteiger charge is 2.32. The van der Waals surface area contributed by atoms with Gasteiger partial charge in [-0.3, -0.25) is 9.48 Å². The second-order valence-corrected chi connectivity index (χ2v) is 6.19. The molecule has 0 N–H and O–H groups in total. The first-order chi connectivity index (χ1) is 11.5. The van der Waals surface area contributed by atoms with Crippen LogP contribution in [0.3, 0.4) is 0 Å². The van der Waals surface area contributed by atoms with Gasteiger partial charge in [-0.25, -0.2) is 9.97 Å². The lowest BCUT2D eigenvalue weighted by atomic mass is 9.96. The van der Waals surface area contributed by atoms with Crippen molar-refractivity contribution in [2.24, 2.45) is 7.05 Å². The Hall–Kier alpha value is -2.28. The minimum atomic E-state index is -0.0611. The lowest BCUT2D eigenvalue weighted by Crippen LogP contribution is -2.40. The molecule has 3 rings (SSSR count). The largest absolute Gasteiger partial charge is 0.381 e. The van der Waals surface area contributed by atoms with Gasteiger partial charge in [-0.15, -0.1) is 0 Å². The molecule has 7 nitrogen and oxygen atoms in total. The normalized spacial score (nSPS) is 17.0. The van der Waals surface area contributed by atoms with E-state index in [2.05, 4.69) is 15.1 Å². The Balaban J connectivity index is 1.89. The molecule has 0 saturated heterocycles. The van der Waals surface area contributed by atoms with Crippen molar-refractivity contribution in [3.8, 4) is 0 Å². The third-order valence-electron chi connectivity index (χ3n) is 4.47. The van der Waals surface area contributed by atoms with Gasteiger partial charge in [-0.2, -0.15) is 5.10 Å². The molecule has 128 valence electrons. The highest BCUT2D eigenvalue weighted by Crippen LogP contribution is 2.28. The third kappa shape index (κ3) is 3.03. The highest BCUT2D eigenvalue weighted by molar-refractivity contribution is 5.94. The van der Waals surface area contributed by atoms with Gasteiger partial charge >= 0.3 is 0 Å². The van der Waals surface area contributed by atoms with Crippen LogP contribution in [0.25, 0.3) is 0 Å². The molecule has 2 aromatic heterocycles. The van der Waals surface area contributed by atoms with Crippen LogP contribution in [0, 0.1) is 13.8 Å². The summed E-state index contributed by atoms with van der Waals surface area (Å²) in [7, 11) is 1.90. The summed E-state index contributed by atoms with van der Waals surface area (Å²) in [4.78, 5) is 23.2. The van der Waals surface area contributed by atoms with Crippen molar-refractivity contribution in [3.05, 3.63) is 40.7 Å². The molecule has 0 radical (unpaired) electrons. The molecular weight excluding hydrogens is 306 g/mol. The number of carbonyl (C=O) groups excluding carboxylic acids is 1. The Morgan fingerprint density at radius 2 is 2.17 bits per heavy atom. The summed E-state index contributed by atoms with van der Waals surface area (Å²) in [5, 5.41) is 4.56. The maximum atomic E-state index is 13.0. The van der Waals surface area contributed by atoms with Gasteiger partial charge < -0.3 is 9.64 Å². The SMILES string of the molecule is CCOCC1CN(C(=O)c2ncnc(C)c2C)Cc2cn(C)nc21. The fourth-order valence-electron chi connectivity index (χ4n) is 3.09. The molecule has 0 aliphatic carbocycles. The van der Waals surface area contributed by atoms with Crippen LogP contribution in [0.2, 0.25) is 0 Å². The zero-order chi connectivity index (χ0) is 17.3. The molecule has 24 heavy (non-hydrogen) atoms. The average Bonchev–Trinajstić information content (AvgIpc) is 2.94. The molecule has 0 aromatic carbocycles. The molecule has 0 fully saturated rings. The van der Waals surface area contributed by atoms with Crippen molar-refractivity contribution in [3.63, 3.8) is 0 Å². The Kier molecular flexibility index (Phi) is 4.62. The molecule has 1 amide bonds. The first-order valence-corrected chi connectivity index (χ1v) is 8.18. The number of carbonyl (C=O) groups is 1. The van der Waals surface area contributed by atoms with Gasteiger partial charge in [-0.1, -0.05) is 0 Å². The fourth-order valence-corrected chi connectivity index (χ4v) is 3.09. The first kappa shape index (κ1) is 16.6. The van der Waals surface area contributed by atoms with Crippen molar-refractivity contribution >= 4 is 5.91 Å². The summed E-state index contributed by atoms with van der Waals surface area (Å²) in [6.07, 6.45) is 3.43. The maximum absolute atomic E-state index is 13.0. The summed E-state index contributed by atoms with van der Waals surface area (Å²) in [6.45, 7) is 8.10. The number of hydrogen-bond donors (Lipinski definition) is 0. The summed E-state index contributed by atoms with van der Waals surface area (Å²) < 4.78 is 7.41. The quantitative estimate of drug-likeness (QED) is 0.852. The van der Waals surface area contributed by atoms with E-state index >= 15 is 0 Å². The van der Waals surface area contributed by atoms with Crippen LogP contribution >= 0.6 is 0 Å². The van der Waals surface area contributed by atoms with E-state index in [-0.39, 0.29) is 11.8 Å². The molecule has 2 aromatic rings. The van der Waals surface area contributed by atoms with E-state index in [9.17, 15) is 4.79 Å². The molecule has 0 spiro atoms. The van der Waals surface area contributed by atoms with Crippen LogP contribution in [0.4, 0.5) is 0 Å². The van der Waals surface area contributed by atoms with E-state index in [0.717, 1.165) is 22.5 Å². The Morgan fingerprint density at radius 3 is 2.92 bits per heavy atom. The minimum Gasteiger partial charge on any atom is -0.381 e. The van der Waals surface area contributed by atoms with Crippen LogP contribution in [-0.4, -0.2) is 50.3 Å². The van der Waals surface area contributed by atoms with Crippen LogP contribution < -0.4 is 0 Å². The second-order valence-electron chi connectivity index (χ2n) is 6.19.